The summed E-state index contributed by atoms with van der Waals surface area (Å²) in [4.78, 5) is 28.7. The van der Waals surface area contributed by atoms with Gasteiger partial charge in [-0.3, -0.25) is 9.78 Å². The average molecular weight is 451 g/mol. The van der Waals surface area contributed by atoms with Crippen LogP contribution < -0.4 is 15.4 Å². The SMILES string of the molecule is CC(C)[C@H](NC(=O)OCc1ccccc1)C(=O)NCc1ccc(Oc2cccnc2)c(F)c1. The number of amides is 2. The van der Waals surface area contributed by atoms with Crippen LogP contribution in [0.5, 0.6) is 11.5 Å². The van der Waals surface area contributed by atoms with Crippen molar-refractivity contribution in [3.05, 3.63) is 90.0 Å². The number of carbonyl (C=O) groups excluding carboxylic acids is 2. The van der Waals surface area contributed by atoms with E-state index >= 15 is 0 Å². The van der Waals surface area contributed by atoms with E-state index in [1.807, 2.05) is 44.2 Å². The minimum absolute atomic E-state index is 0.0564. The number of hydrogen-bond donors (Lipinski definition) is 2. The smallest absolute Gasteiger partial charge is 0.408 e. The summed E-state index contributed by atoms with van der Waals surface area (Å²) in [5.74, 6) is -0.656. The molecule has 0 aliphatic heterocycles. The molecule has 0 unspecified atom stereocenters. The number of halogens is 1. The van der Waals surface area contributed by atoms with Gasteiger partial charge in [0.15, 0.2) is 11.6 Å². The maximum absolute atomic E-state index is 14.4. The number of benzene rings is 2. The molecular weight excluding hydrogens is 425 g/mol. The number of aromatic nitrogens is 1. The van der Waals surface area contributed by atoms with E-state index in [9.17, 15) is 14.0 Å². The summed E-state index contributed by atoms with van der Waals surface area (Å²) in [6.45, 7) is 3.82. The van der Waals surface area contributed by atoms with Crippen LogP contribution in [0.3, 0.4) is 0 Å². The van der Waals surface area contributed by atoms with E-state index in [1.165, 1.54) is 18.3 Å². The van der Waals surface area contributed by atoms with Crippen LogP contribution in [-0.4, -0.2) is 23.0 Å². The van der Waals surface area contributed by atoms with E-state index in [2.05, 4.69) is 15.6 Å². The van der Waals surface area contributed by atoms with Crippen molar-refractivity contribution < 1.29 is 23.5 Å². The van der Waals surface area contributed by atoms with E-state index in [4.69, 9.17) is 9.47 Å². The number of carbonyl (C=O) groups is 2. The Kier molecular flexibility index (Phi) is 8.35. The van der Waals surface area contributed by atoms with E-state index in [-0.39, 0.29) is 24.8 Å². The van der Waals surface area contributed by atoms with Crippen molar-refractivity contribution in [2.24, 2.45) is 5.92 Å². The summed E-state index contributed by atoms with van der Waals surface area (Å²) in [5.41, 5.74) is 1.39. The quantitative estimate of drug-likeness (QED) is 0.497. The van der Waals surface area contributed by atoms with E-state index in [0.29, 0.717) is 11.3 Å². The van der Waals surface area contributed by atoms with Crippen molar-refractivity contribution in [2.45, 2.75) is 33.0 Å². The zero-order valence-corrected chi connectivity index (χ0v) is 18.5. The second-order valence-electron chi connectivity index (χ2n) is 7.70. The van der Waals surface area contributed by atoms with Crippen LogP contribution in [0.1, 0.15) is 25.0 Å². The summed E-state index contributed by atoms with van der Waals surface area (Å²) in [6, 6.07) is 16.2. The van der Waals surface area contributed by atoms with Crippen molar-refractivity contribution in [1.82, 2.24) is 15.6 Å². The van der Waals surface area contributed by atoms with Crippen LogP contribution in [0.25, 0.3) is 0 Å². The summed E-state index contributed by atoms with van der Waals surface area (Å²) in [6.07, 6.45) is 2.39. The van der Waals surface area contributed by atoms with Crippen LogP contribution in [0.15, 0.2) is 73.1 Å². The molecule has 0 aliphatic carbocycles. The first-order chi connectivity index (χ1) is 15.9. The first-order valence-electron chi connectivity index (χ1n) is 10.5. The molecule has 0 saturated heterocycles. The minimum Gasteiger partial charge on any atom is -0.453 e. The molecule has 3 aromatic rings. The number of alkyl carbamates (subject to hydrolysis) is 1. The lowest BCUT2D eigenvalue weighted by Crippen LogP contribution is -2.49. The van der Waals surface area contributed by atoms with Crippen molar-refractivity contribution in [1.29, 1.82) is 0 Å². The van der Waals surface area contributed by atoms with Gasteiger partial charge in [0.2, 0.25) is 5.91 Å². The molecule has 172 valence electrons. The average Bonchev–Trinajstić information content (AvgIpc) is 2.82. The van der Waals surface area contributed by atoms with Gasteiger partial charge in [0, 0.05) is 12.7 Å². The fourth-order valence-electron chi connectivity index (χ4n) is 3.00. The van der Waals surface area contributed by atoms with Crippen molar-refractivity contribution >= 4 is 12.0 Å². The fourth-order valence-corrected chi connectivity index (χ4v) is 3.00. The Labute approximate surface area is 192 Å². The predicted molar refractivity (Wildman–Crippen MR) is 121 cm³/mol. The molecule has 1 aromatic heterocycles. The molecule has 1 heterocycles. The third-order valence-electron chi connectivity index (χ3n) is 4.76. The summed E-state index contributed by atoms with van der Waals surface area (Å²) in [5, 5.41) is 5.33. The highest BCUT2D eigenvalue weighted by molar-refractivity contribution is 5.85. The molecule has 7 nitrogen and oxygen atoms in total. The van der Waals surface area contributed by atoms with Crippen LogP contribution in [-0.2, 0) is 22.7 Å². The number of ether oxygens (including phenoxy) is 2. The van der Waals surface area contributed by atoms with Gasteiger partial charge >= 0.3 is 6.09 Å². The molecule has 33 heavy (non-hydrogen) atoms. The second kappa shape index (κ2) is 11.6. The summed E-state index contributed by atoms with van der Waals surface area (Å²) < 4.78 is 25.1. The number of nitrogens with one attached hydrogen (secondary N) is 2. The standard InChI is InChI=1S/C25H26FN3O4/c1-17(2)23(29-25(31)32-16-18-7-4-3-5-8-18)24(30)28-14-19-10-11-22(21(26)13-19)33-20-9-6-12-27-15-20/h3-13,15,17,23H,14,16H2,1-2H3,(H,28,30)(H,29,31)/t23-/m0/s1. The molecular formula is C25H26FN3O4. The highest BCUT2D eigenvalue weighted by Gasteiger charge is 2.24. The molecule has 8 heteroatoms. The zero-order chi connectivity index (χ0) is 23.6. The number of hydrogen-bond acceptors (Lipinski definition) is 5. The van der Waals surface area contributed by atoms with Gasteiger partial charge in [-0.05, 0) is 41.3 Å². The minimum atomic E-state index is -0.800. The number of rotatable bonds is 9. The highest BCUT2D eigenvalue weighted by Crippen LogP contribution is 2.24. The number of nitrogens with zero attached hydrogens (tertiary/aromatic N) is 1. The molecule has 0 radical (unpaired) electrons. The predicted octanol–water partition coefficient (Wildman–Crippen LogP) is 4.58. The Morgan fingerprint density at radius 1 is 1.03 bits per heavy atom. The molecule has 2 amide bonds. The number of pyridine rings is 1. The van der Waals surface area contributed by atoms with Gasteiger partial charge in [-0.1, -0.05) is 50.2 Å². The van der Waals surface area contributed by atoms with Gasteiger partial charge in [0.1, 0.15) is 18.4 Å². The Morgan fingerprint density at radius 2 is 1.82 bits per heavy atom. The van der Waals surface area contributed by atoms with Crippen LogP contribution >= 0.6 is 0 Å². The fraction of sp³-hybridized carbons (Fsp3) is 0.240. The van der Waals surface area contributed by atoms with Crippen molar-refractivity contribution in [3.8, 4) is 11.5 Å². The van der Waals surface area contributed by atoms with Gasteiger partial charge in [-0.25, -0.2) is 9.18 Å². The van der Waals surface area contributed by atoms with Crippen LogP contribution in [0.4, 0.5) is 9.18 Å². The van der Waals surface area contributed by atoms with Gasteiger partial charge in [0.05, 0.1) is 6.20 Å². The molecule has 0 saturated carbocycles. The second-order valence-corrected chi connectivity index (χ2v) is 7.70. The maximum atomic E-state index is 14.4. The van der Waals surface area contributed by atoms with Gasteiger partial charge in [-0.2, -0.15) is 0 Å². The lowest BCUT2D eigenvalue weighted by molar-refractivity contribution is -0.124. The topological polar surface area (TPSA) is 89.5 Å². The largest absolute Gasteiger partial charge is 0.453 e. The Hall–Kier alpha value is -3.94. The van der Waals surface area contributed by atoms with Gasteiger partial charge < -0.3 is 20.1 Å². The summed E-state index contributed by atoms with van der Waals surface area (Å²) in [7, 11) is 0. The normalized spacial score (nSPS) is 11.5. The Balaban J connectivity index is 1.52. The van der Waals surface area contributed by atoms with Crippen molar-refractivity contribution in [2.75, 3.05) is 0 Å². The van der Waals surface area contributed by atoms with E-state index in [0.717, 1.165) is 5.56 Å². The lowest BCUT2D eigenvalue weighted by atomic mass is 10.0. The first-order valence-corrected chi connectivity index (χ1v) is 10.5. The van der Waals surface area contributed by atoms with Crippen LogP contribution in [0.2, 0.25) is 0 Å². The molecule has 2 N–H and O–H groups in total. The molecule has 2 aromatic carbocycles. The monoisotopic (exact) mass is 451 g/mol. The van der Waals surface area contributed by atoms with E-state index in [1.54, 1.807) is 24.4 Å². The molecule has 0 bridgehead atoms. The molecule has 0 spiro atoms. The first kappa shape index (κ1) is 23.7. The maximum Gasteiger partial charge on any atom is 0.408 e. The van der Waals surface area contributed by atoms with Gasteiger partial charge in [-0.15, -0.1) is 0 Å². The third-order valence-corrected chi connectivity index (χ3v) is 4.76. The summed E-state index contributed by atoms with van der Waals surface area (Å²) >= 11 is 0. The van der Waals surface area contributed by atoms with Crippen LogP contribution in [0, 0.1) is 11.7 Å². The molecule has 3 rings (SSSR count). The third kappa shape index (κ3) is 7.31. The van der Waals surface area contributed by atoms with E-state index < -0.39 is 23.9 Å². The zero-order valence-electron chi connectivity index (χ0n) is 18.5. The van der Waals surface area contributed by atoms with Gasteiger partial charge in [0.25, 0.3) is 0 Å². The molecule has 0 fully saturated rings. The molecule has 0 aliphatic rings. The highest BCUT2D eigenvalue weighted by atomic mass is 19.1. The lowest BCUT2D eigenvalue weighted by Gasteiger charge is -2.21. The van der Waals surface area contributed by atoms with Crippen molar-refractivity contribution in [3.63, 3.8) is 0 Å². The Morgan fingerprint density at radius 3 is 2.48 bits per heavy atom. The molecule has 1 atom stereocenters. The Bertz CT molecular complexity index is 1060.